The maximum atomic E-state index is 14.1. The number of hydrogen-bond donors (Lipinski definition) is 2. The predicted molar refractivity (Wildman–Crippen MR) is 108 cm³/mol. The molecule has 4 heterocycles. The number of ether oxygens (including phenoxy) is 1. The third kappa shape index (κ3) is 2.81. The minimum Gasteiger partial charge on any atom is -0.482 e. The van der Waals surface area contributed by atoms with E-state index >= 15 is 0 Å². The van der Waals surface area contributed by atoms with Crippen LogP contribution in [-0.2, 0) is 6.54 Å². The van der Waals surface area contributed by atoms with Gasteiger partial charge in [0.25, 0.3) is 12.4 Å². The van der Waals surface area contributed by atoms with E-state index < -0.39 is 12.1 Å². The molecule has 9 heteroatoms. The van der Waals surface area contributed by atoms with Crippen molar-refractivity contribution in [3.05, 3.63) is 59.2 Å². The van der Waals surface area contributed by atoms with Gasteiger partial charge < -0.3 is 10.5 Å². The molecular formula is C21H17FN7O+. The van der Waals surface area contributed by atoms with Gasteiger partial charge in [-0.2, -0.15) is 10.4 Å². The molecule has 3 N–H and O–H groups in total. The summed E-state index contributed by atoms with van der Waals surface area (Å²) in [5, 5.41) is 16.8. The second-order valence-corrected chi connectivity index (χ2v) is 7.18. The number of nitrogens with zero attached hydrogens (tertiary/aromatic N) is 5. The molecule has 2 aliphatic rings. The molecule has 148 valence electrons. The zero-order valence-corrected chi connectivity index (χ0v) is 16.0. The van der Waals surface area contributed by atoms with Gasteiger partial charge >= 0.3 is 0 Å². The predicted octanol–water partition coefficient (Wildman–Crippen LogP) is 2.58. The van der Waals surface area contributed by atoms with Crippen LogP contribution >= 0.6 is 0 Å². The maximum Gasteiger partial charge on any atom is 0.286 e. The largest absolute Gasteiger partial charge is 0.482 e. The molecule has 0 spiro atoms. The molecule has 30 heavy (non-hydrogen) atoms. The number of nitrogens with one attached hydrogen (secondary N) is 1. The first-order valence-electron chi connectivity index (χ1n) is 9.36. The van der Waals surface area contributed by atoms with E-state index in [-0.39, 0.29) is 11.6 Å². The molecule has 0 aliphatic carbocycles. The van der Waals surface area contributed by atoms with Gasteiger partial charge in [-0.1, -0.05) is 4.99 Å². The van der Waals surface area contributed by atoms with Gasteiger partial charge in [-0.3, -0.25) is 5.10 Å². The lowest BCUT2D eigenvalue weighted by molar-refractivity contribution is -0.412. The summed E-state index contributed by atoms with van der Waals surface area (Å²) in [6.07, 6.45) is 4.44. The van der Waals surface area contributed by atoms with Crippen molar-refractivity contribution in [3.8, 4) is 23.1 Å². The molecule has 5 rings (SSSR count). The van der Waals surface area contributed by atoms with E-state index in [1.165, 1.54) is 12.1 Å². The van der Waals surface area contributed by atoms with Gasteiger partial charge in [0.05, 0.1) is 11.9 Å². The zero-order chi connectivity index (χ0) is 20.8. The summed E-state index contributed by atoms with van der Waals surface area (Å²) in [6.45, 7) is 2.25. The maximum absolute atomic E-state index is 14.1. The molecule has 0 fully saturated rings. The number of nitrogen functional groups attached to an aromatic ring is 1. The minimum absolute atomic E-state index is 0.211. The highest BCUT2D eigenvalue weighted by Gasteiger charge is 2.34. The topological polar surface area (TPSA) is 116 Å². The Hall–Kier alpha value is -4.06. The lowest BCUT2D eigenvalue weighted by Crippen LogP contribution is -2.25. The summed E-state index contributed by atoms with van der Waals surface area (Å²) < 4.78 is 22.1. The number of benzene rings is 1. The highest BCUT2D eigenvalue weighted by atomic mass is 19.1. The van der Waals surface area contributed by atoms with Crippen molar-refractivity contribution < 1.29 is 13.7 Å². The minimum atomic E-state index is -0.666. The van der Waals surface area contributed by atoms with E-state index in [9.17, 15) is 9.65 Å². The third-order valence-electron chi connectivity index (χ3n) is 5.31. The lowest BCUT2D eigenvalue weighted by Gasteiger charge is -2.20. The standard InChI is InChI=1S/C21H16FN7O/c1-11-16-5-14(22)2-3-15(16)19-13(8-27-28-19)9-29-10-26-17(6-23)20(29)12-4-18(30-11)21(24)25-7-12/h2-5,7-8,10-11,17,24H,9H2,1H3,(H,27,28)/p+1. The number of aromatic amines is 1. The summed E-state index contributed by atoms with van der Waals surface area (Å²) in [7, 11) is 0. The smallest absolute Gasteiger partial charge is 0.286 e. The Bertz CT molecular complexity index is 1270. The van der Waals surface area contributed by atoms with Crippen molar-refractivity contribution >= 4 is 17.9 Å². The van der Waals surface area contributed by atoms with Gasteiger partial charge in [0, 0.05) is 28.5 Å². The van der Waals surface area contributed by atoms with Crippen LogP contribution in [0.25, 0.3) is 11.3 Å². The Morgan fingerprint density at radius 2 is 2.20 bits per heavy atom. The van der Waals surface area contributed by atoms with Crippen molar-refractivity contribution in [2.24, 2.45) is 4.99 Å². The number of nitriles is 1. The fourth-order valence-corrected chi connectivity index (χ4v) is 3.87. The monoisotopic (exact) mass is 402 g/mol. The fourth-order valence-electron chi connectivity index (χ4n) is 3.87. The fraction of sp³-hybridized carbons (Fsp3) is 0.190. The van der Waals surface area contributed by atoms with Crippen molar-refractivity contribution in [1.29, 1.82) is 5.26 Å². The van der Waals surface area contributed by atoms with Gasteiger partial charge in [0.2, 0.25) is 0 Å². The van der Waals surface area contributed by atoms with Crippen LogP contribution in [-0.4, -0.2) is 37.8 Å². The van der Waals surface area contributed by atoms with Crippen LogP contribution in [0.3, 0.4) is 0 Å². The summed E-state index contributed by atoms with van der Waals surface area (Å²) >= 11 is 0. The highest BCUT2D eigenvalue weighted by Crippen LogP contribution is 2.35. The first-order valence-corrected chi connectivity index (χ1v) is 9.36. The molecule has 0 amide bonds. The normalized spacial score (nSPS) is 19.6. The lowest BCUT2D eigenvalue weighted by atomic mass is 9.97. The average molecular weight is 402 g/mol. The number of fused-ring (bicyclic) bond motifs is 6. The first kappa shape index (κ1) is 18.0. The van der Waals surface area contributed by atoms with Crippen molar-refractivity contribution in [2.75, 3.05) is 5.73 Å². The van der Waals surface area contributed by atoms with Crippen LogP contribution < -0.4 is 10.5 Å². The molecule has 2 atom stereocenters. The van der Waals surface area contributed by atoms with E-state index in [1.54, 1.807) is 30.9 Å². The number of aliphatic imine (C=N–C) groups is 1. The van der Waals surface area contributed by atoms with Gasteiger partial charge in [-0.15, -0.1) is 0 Å². The molecule has 2 bridgehead atoms. The van der Waals surface area contributed by atoms with Crippen LogP contribution in [0.5, 0.6) is 5.75 Å². The summed E-state index contributed by atoms with van der Waals surface area (Å²) in [4.78, 5) is 8.56. The quantitative estimate of drug-likeness (QED) is 0.561. The summed E-state index contributed by atoms with van der Waals surface area (Å²) in [5.41, 5.74) is 10.5. The van der Waals surface area contributed by atoms with Gasteiger partial charge in [0.15, 0.2) is 17.3 Å². The van der Waals surface area contributed by atoms with Crippen molar-refractivity contribution in [3.63, 3.8) is 0 Å². The number of H-pyrrole nitrogens is 1. The Kier molecular flexibility index (Phi) is 4.06. The number of nitrogens with two attached hydrogens (primary N) is 1. The second-order valence-electron chi connectivity index (χ2n) is 7.18. The van der Waals surface area contributed by atoms with E-state index in [0.29, 0.717) is 29.1 Å². The summed E-state index contributed by atoms with van der Waals surface area (Å²) in [6, 6.07) is 7.84. The zero-order valence-electron chi connectivity index (χ0n) is 16.0. The molecule has 2 aliphatic heterocycles. The van der Waals surface area contributed by atoms with Crippen LogP contribution in [0.15, 0.2) is 41.7 Å². The number of pyridine rings is 1. The Balaban J connectivity index is 1.78. The van der Waals surface area contributed by atoms with E-state index in [0.717, 1.165) is 16.8 Å². The number of aromatic nitrogens is 3. The number of hydrogen-bond acceptors (Lipinski definition) is 6. The SMILES string of the molecule is CC1Oc2cc(cnc2N)C2=[N+](C=NC2C#N)Cc2cn[nH]c2-c2ccc(F)cc21. The van der Waals surface area contributed by atoms with Crippen LogP contribution in [0.4, 0.5) is 10.2 Å². The van der Waals surface area contributed by atoms with Crippen LogP contribution in [0.1, 0.15) is 29.7 Å². The highest BCUT2D eigenvalue weighted by molar-refractivity contribution is 6.06. The Morgan fingerprint density at radius 3 is 3.03 bits per heavy atom. The summed E-state index contributed by atoms with van der Waals surface area (Å²) in [5.74, 6) is 0.204. The van der Waals surface area contributed by atoms with Gasteiger partial charge in [-0.25, -0.2) is 13.9 Å². The van der Waals surface area contributed by atoms with Crippen LogP contribution in [0.2, 0.25) is 0 Å². The molecule has 2 unspecified atom stereocenters. The molecule has 2 aromatic heterocycles. The first-order chi connectivity index (χ1) is 14.5. The van der Waals surface area contributed by atoms with Crippen molar-refractivity contribution in [1.82, 2.24) is 15.2 Å². The molecular weight excluding hydrogens is 385 g/mol. The number of halogens is 1. The third-order valence-corrected chi connectivity index (χ3v) is 5.31. The molecule has 0 saturated carbocycles. The van der Waals surface area contributed by atoms with Gasteiger partial charge in [0.1, 0.15) is 24.5 Å². The van der Waals surface area contributed by atoms with E-state index in [1.807, 2.05) is 11.5 Å². The molecule has 1 aromatic carbocycles. The van der Waals surface area contributed by atoms with Crippen molar-refractivity contribution in [2.45, 2.75) is 25.6 Å². The molecule has 3 aromatic rings. The number of anilines is 1. The average Bonchev–Trinajstić information content (AvgIpc) is 3.36. The van der Waals surface area contributed by atoms with E-state index in [4.69, 9.17) is 10.5 Å². The Labute approximate surface area is 171 Å². The van der Waals surface area contributed by atoms with Crippen LogP contribution in [0, 0.1) is 17.1 Å². The second kappa shape index (κ2) is 6.77. The number of rotatable bonds is 0. The van der Waals surface area contributed by atoms with E-state index in [2.05, 4.69) is 26.2 Å². The van der Waals surface area contributed by atoms with Gasteiger partial charge in [-0.05, 0) is 31.2 Å². The molecule has 0 saturated heterocycles. The Morgan fingerprint density at radius 1 is 1.33 bits per heavy atom. The molecule has 0 radical (unpaired) electrons. The molecule has 8 nitrogen and oxygen atoms in total.